The molecule has 26 heavy (non-hydrogen) atoms. The number of imidazole rings is 1. The third kappa shape index (κ3) is 3.13. The van der Waals surface area contributed by atoms with E-state index in [9.17, 15) is 9.90 Å². The number of likely N-dealkylation sites (tertiary alicyclic amines) is 1. The minimum atomic E-state index is -0.693. The van der Waals surface area contributed by atoms with Gasteiger partial charge in [-0.05, 0) is 50.2 Å². The molecule has 0 unspecified atom stereocenters. The van der Waals surface area contributed by atoms with Crippen LogP contribution in [0.4, 0.5) is 5.69 Å². The molecule has 1 aliphatic heterocycles. The number of nitrogens with zero attached hydrogens (tertiary/aromatic N) is 4. The van der Waals surface area contributed by atoms with Gasteiger partial charge in [-0.3, -0.25) is 19.1 Å². The van der Waals surface area contributed by atoms with Gasteiger partial charge in [-0.25, -0.2) is 4.98 Å². The molecule has 0 radical (unpaired) electrons. The van der Waals surface area contributed by atoms with Crippen LogP contribution in [0.2, 0.25) is 0 Å². The summed E-state index contributed by atoms with van der Waals surface area (Å²) in [6.07, 6.45) is 4.99. The molecular weight excluding hydrogens is 330 g/mol. The molecular formula is C19H21N5O2. The smallest absolute Gasteiger partial charge is 0.306 e. The van der Waals surface area contributed by atoms with Gasteiger partial charge in [-0.15, -0.1) is 0 Å². The van der Waals surface area contributed by atoms with E-state index in [0.717, 1.165) is 35.8 Å². The second-order valence-corrected chi connectivity index (χ2v) is 6.70. The number of fused-ring (bicyclic) bond motifs is 1. The second kappa shape index (κ2) is 6.76. The Balaban J connectivity index is 1.69. The summed E-state index contributed by atoms with van der Waals surface area (Å²) in [6, 6.07) is 9.52. The van der Waals surface area contributed by atoms with Crippen molar-refractivity contribution in [1.82, 2.24) is 19.3 Å². The van der Waals surface area contributed by atoms with Crippen LogP contribution in [-0.4, -0.2) is 43.4 Å². The van der Waals surface area contributed by atoms with Crippen LogP contribution in [0, 0.1) is 5.92 Å². The highest BCUT2D eigenvalue weighted by atomic mass is 16.4. The second-order valence-electron chi connectivity index (χ2n) is 6.70. The van der Waals surface area contributed by atoms with E-state index in [1.54, 1.807) is 6.20 Å². The fraction of sp³-hybridized carbons (Fsp3) is 0.316. The summed E-state index contributed by atoms with van der Waals surface area (Å²) in [7, 11) is 0. The Morgan fingerprint density at radius 2 is 2.04 bits per heavy atom. The summed E-state index contributed by atoms with van der Waals surface area (Å²) < 4.78 is 2.02. The first-order chi connectivity index (χ1) is 12.6. The molecule has 0 spiro atoms. The number of hydrogen-bond acceptors (Lipinski definition) is 5. The molecule has 3 aromatic rings. The summed E-state index contributed by atoms with van der Waals surface area (Å²) in [5, 5.41) is 9.19. The van der Waals surface area contributed by atoms with E-state index in [4.69, 9.17) is 10.7 Å². The predicted molar refractivity (Wildman–Crippen MR) is 98.5 cm³/mol. The van der Waals surface area contributed by atoms with Crippen molar-refractivity contribution in [3.8, 4) is 11.4 Å². The Hall–Kier alpha value is -2.93. The lowest BCUT2D eigenvalue weighted by atomic mass is 9.97. The zero-order valence-electron chi connectivity index (χ0n) is 14.4. The van der Waals surface area contributed by atoms with E-state index in [1.807, 2.05) is 40.9 Å². The van der Waals surface area contributed by atoms with Gasteiger partial charge in [0.05, 0.1) is 17.3 Å². The van der Waals surface area contributed by atoms with E-state index in [1.165, 1.54) is 0 Å². The Kier molecular flexibility index (Phi) is 4.30. The lowest BCUT2D eigenvalue weighted by Gasteiger charge is -2.30. The number of aliphatic carboxylic acids is 1. The third-order valence-corrected chi connectivity index (χ3v) is 4.96. The molecule has 134 valence electrons. The zero-order valence-corrected chi connectivity index (χ0v) is 14.4. The normalized spacial score (nSPS) is 16.2. The van der Waals surface area contributed by atoms with E-state index >= 15 is 0 Å². The maximum Gasteiger partial charge on any atom is 0.306 e. The minimum absolute atomic E-state index is 0.237. The highest BCUT2D eigenvalue weighted by molar-refractivity contribution is 5.70. The van der Waals surface area contributed by atoms with Gasteiger partial charge in [0.1, 0.15) is 11.3 Å². The van der Waals surface area contributed by atoms with Gasteiger partial charge in [0, 0.05) is 24.6 Å². The summed E-state index contributed by atoms with van der Waals surface area (Å²) in [4.78, 5) is 22.7. The molecule has 1 aliphatic rings. The summed E-state index contributed by atoms with van der Waals surface area (Å²) in [5.41, 5.74) is 10.2. The molecule has 1 saturated heterocycles. The number of piperidine rings is 1. The van der Waals surface area contributed by atoms with E-state index in [-0.39, 0.29) is 5.92 Å². The van der Waals surface area contributed by atoms with Crippen molar-refractivity contribution in [2.45, 2.75) is 19.4 Å². The molecule has 7 nitrogen and oxygen atoms in total. The van der Waals surface area contributed by atoms with Gasteiger partial charge < -0.3 is 10.8 Å². The molecule has 1 fully saturated rings. The first-order valence-corrected chi connectivity index (χ1v) is 8.75. The minimum Gasteiger partial charge on any atom is -0.481 e. The number of anilines is 1. The Morgan fingerprint density at radius 1 is 1.23 bits per heavy atom. The molecule has 0 atom stereocenters. The van der Waals surface area contributed by atoms with Crippen LogP contribution >= 0.6 is 0 Å². The SMILES string of the molecule is Nc1ccc2nc(-c3ccccn3)c(CN3CCC(C(=O)O)CC3)n2c1. The van der Waals surface area contributed by atoms with E-state index < -0.39 is 5.97 Å². The molecule has 7 heteroatoms. The van der Waals surface area contributed by atoms with Crippen molar-refractivity contribution in [3.05, 3.63) is 48.4 Å². The highest BCUT2D eigenvalue weighted by Crippen LogP contribution is 2.27. The number of aromatic nitrogens is 3. The van der Waals surface area contributed by atoms with Crippen molar-refractivity contribution >= 4 is 17.3 Å². The zero-order chi connectivity index (χ0) is 18.1. The largest absolute Gasteiger partial charge is 0.481 e. The van der Waals surface area contributed by atoms with Crippen LogP contribution in [-0.2, 0) is 11.3 Å². The molecule has 3 aromatic heterocycles. The number of pyridine rings is 2. The number of carboxylic acids is 1. The van der Waals surface area contributed by atoms with Crippen molar-refractivity contribution in [2.24, 2.45) is 5.92 Å². The Morgan fingerprint density at radius 3 is 2.73 bits per heavy atom. The fourth-order valence-corrected chi connectivity index (χ4v) is 3.52. The lowest BCUT2D eigenvalue weighted by Crippen LogP contribution is -2.36. The van der Waals surface area contributed by atoms with Gasteiger partial charge in [0.25, 0.3) is 0 Å². The number of hydrogen-bond donors (Lipinski definition) is 2. The molecule has 0 aromatic carbocycles. The van der Waals surface area contributed by atoms with E-state index in [0.29, 0.717) is 25.1 Å². The lowest BCUT2D eigenvalue weighted by molar-refractivity contribution is -0.143. The molecule has 0 saturated carbocycles. The van der Waals surface area contributed by atoms with Crippen LogP contribution in [0.15, 0.2) is 42.7 Å². The summed E-state index contributed by atoms with van der Waals surface area (Å²) >= 11 is 0. The topological polar surface area (TPSA) is 96.8 Å². The number of carbonyl (C=O) groups is 1. The van der Waals surface area contributed by atoms with Crippen molar-refractivity contribution in [1.29, 1.82) is 0 Å². The van der Waals surface area contributed by atoms with Crippen molar-refractivity contribution < 1.29 is 9.90 Å². The highest BCUT2D eigenvalue weighted by Gasteiger charge is 2.26. The number of rotatable bonds is 4. The monoisotopic (exact) mass is 351 g/mol. The van der Waals surface area contributed by atoms with Crippen molar-refractivity contribution in [2.75, 3.05) is 18.8 Å². The Bertz CT molecular complexity index is 930. The quantitative estimate of drug-likeness (QED) is 0.748. The van der Waals surface area contributed by atoms with Gasteiger partial charge in [0.15, 0.2) is 0 Å². The summed E-state index contributed by atoms with van der Waals surface area (Å²) in [6.45, 7) is 2.20. The molecule has 0 aliphatic carbocycles. The maximum absolute atomic E-state index is 11.2. The first-order valence-electron chi connectivity index (χ1n) is 8.75. The average molecular weight is 351 g/mol. The number of carboxylic acid groups (broad SMARTS) is 1. The average Bonchev–Trinajstić information content (AvgIpc) is 3.01. The third-order valence-electron chi connectivity index (χ3n) is 4.96. The molecule has 0 bridgehead atoms. The van der Waals surface area contributed by atoms with Crippen LogP contribution in [0.25, 0.3) is 17.0 Å². The standard InChI is InChI=1S/C19H21N5O2/c20-14-4-5-17-22-18(15-3-1-2-8-21-15)16(24(17)11-14)12-23-9-6-13(7-10-23)19(25)26/h1-5,8,11,13H,6-7,9-10,12,20H2,(H,25,26). The van der Waals surface area contributed by atoms with Crippen LogP contribution in [0.1, 0.15) is 18.5 Å². The molecule has 3 N–H and O–H groups in total. The van der Waals surface area contributed by atoms with Gasteiger partial charge in [0.2, 0.25) is 0 Å². The Labute approximate surface area is 151 Å². The van der Waals surface area contributed by atoms with Gasteiger partial charge >= 0.3 is 5.97 Å². The van der Waals surface area contributed by atoms with Crippen LogP contribution < -0.4 is 5.73 Å². The van der Waals surface area contributed by atoms with Gasteiger partial charge in [-0.2, -0.15) is 0 Å². The molecule has 4 heterocycles. The number of nitrogens with two attached hydrogens (primary N) is 1. The van der Waals surface area contributed by atoms with E-state index in [2.05, 4.69) is 9.88 Å². The maximum atomic E-state index is 11.2. The molecule has 0 amide bonds. The predicted octanol–water partition coefficient (Wildman–Crippen LogP) is 2.28. The fourth-order valence-electron chi connectivity index (χ4n) is 3.52. The summed E-state index contributed by atoms with van der Waals surface area (Å²) in [5.74, 6) is -0.930. The van der Waals surface area contributed by atoms with Gasteiger partial charge in [-0.1, -0.05) is 6.07 Å². The van der Waals surface area contributed by atoms with Crippen LogP contribution in [0.5, 0.6) is 0 Å². The van der Waals surface area contributed by atoms with Crippen LogP contribution in [0.3, 0.4) is 0 Å². The first kappa shape index (κ1) is 16.5. The molecule has 4 rings (SSSR count). The number of nitrogen functional groups attached to an aromatic ring is 1. The van der Waals surface area contributed by atoms with Crippen molar-refractivity contribution in [3.63, 3.8) is 0 Å².